The number of aromatic nitrogens is 1. The summed E-state index contributed by atoms with van der Waals surface area (Å²) in [5, 5.41) is 0. The maximum Gasteiger partial charge on any atom is 0.0779 e. The second-order valence-corrected chi connectivity index (χ2v) is 4.89. The molecule has 2 unspecified atom stereocenters. The van der Waals surface area contributed by atoms with E-state index in [9.17, 15) is 0 Å². The zero-order chi connectivity index (χ0) is 11.7. The van der Waals surface area contributed by atoms with Gasteiger partial charge >= 0.3 is 0 Å². The molecule has 1 saturated heterocycles. The van der Waals surface area contributed by atoms with Gasteiger partial charge < -0.3 is 15.4 Å². The van der Waals surface area contributed by atoms with E-state index in [1.54, 1.807) is 6.20 Å². The molecule has 4 nitrogen and oxygen atoms in total. The van der Waals surface area contributed by atoms with Crippen molar-refractivity contribution in [1.82, 2.24) is 4.98 Å². The van der Waals surface area contributed by atoms with Gasteiger partial charge in [-0.25, -0.2) is 0 Å². The maximum atomic E-state index is 6.03. The summed E-state index contributed by atoms with van der Waals surface area (Å²) in [4.78, 5) is 6.48. The molecule has 4 heteroatoms. The number of fused-ring (bicyclic) bond motifs is 1. The van der Waals surface area contributed by atoms with Crippen LogP contribution in [0.15, 0.2) is 18.5 Å². The fraction of sp³-hybridized carbons (Fsp3) is 0.615. The topological polar surface area (TPSA) is 51.4 Å². The largest absolute Gasteiger partial charge is 0.396 e. The predicted octanol–water partition coefficient (Wildman–Crippen LogP) is 1.81. The lowest BCUT2D eigenvalue weighted by molar-refractivity contribution is -0.00862. The zero-order valence-corrected chi connectivity index (χ0v) is 10.0. The summed E-state index contributed by atoms with van der Waals surface area (Å²) in [5.41, 5.74) is 7.93. The van der Waals surface area contributed by atoms with Crippen molar-refractivity contribution in [1.29, 1.82) is 0 Å². The van der Waals surface area contributed by atoms with E-state index in [0.717, 1.165) is 24.5 Å². The summed E-state index contributed by atoms with van der Waals surface area (Å²) in [6, 6.07) is 2.52. The SMILES string of the molecule is Nc1cnccc1N1CCOC2CCCCC21. The maximum absolute atomic E-state index is 6.03. The van der Waals surface area contributed by atoms with Crippen LogP contribution in [0.5, 0.6) is 0 Å². The van der Waals surface area contributed by atoms with Crippen LogP contribution in [-0.4, -0.2) is 30.3 Å². The molecular weight excluding hydrogens is 214 g/mol. The van der Waals surface area contributed by atoms with E-state index >= 15 is 0 Å². The van der Waals surface area contributed by atoms with Crippen LogP contribution in [0, 0.1) is 0 Å². The molecule has 2 N–H and O–H groups in total. The molecule has 17 heavy (non-hydrogen) atoms. The Morgan fingerprint density at radius 3 is 3.12 bits per heavy atom. The lowest BCUT2D eigenvalue weighted by atomic mass is 9.90. The highest BCUT2D eigenvalue weighted by molar-refractivity contribution is 5.66. The summed E-state index contributed by atoms with van der Waals surface area (Å²) in [6.07, 6.45) is 8.94. The van der Waals surface area contributed by atoms with Crippen LogP contribution in [-0.2, 0) is 4.74 Å². The van der Waals surface area contributed by atoms with E-state index in [1.165, 1.54) is 25.7 Å². The average Bonchev–Trinajstić information content (AvgIpc) is 2.39. The molecule has 2 fully saturated rings. The number of morpholine rings is 1. The number of nitrogens with two attached hydrogens (primary N) is 1. The van der Waals surface area contributed by atoms with E-state index in [1.807, 2.05) is 12.3 Å². The molecule has 1 aliphatic heterocycles. The third-order valence-corrected chi connectivity index (χ3v) is 3.87. The molecule has 1 aromatic heterocycles. The Kier molecular flexibility index (Phi) is 2.89. The molecule has 0 aromatic carbocycles. The van der Waals surface area contributed by atoms with Crippen molar-refractivity contribution < 1.29 is 4.74 Å². The third-order valence-electron chi connectivity index (χ3n) is 3.87. The molecule has 92 valence electrons. The van der Waals surface area contributed by atoms with Crippen LogP contribution in [0.1, 0.15) is 25.7 Å². The molecule has 1 aliphatic carbocycles. The first-order chi connectivity index (χ1) is 8.36. The van der Waals surface area contributed by atoms with Gasteiger partial charge in [-0.2, -0.15) is 0 Å². The van der Waals surface area contributed by atoms with Gasteiger partial charge in [-0.1, -0.05) is 12.8 Å². The number of nitrogens with zero attached hydrogens (tertiary/aromatic N) is 2. The van der Waals surface area contributed by atoms with Crippen molar-refractivity contribution in [3.05, 3.63) is 18.5 Å². The molecule has 0 amide bonds. The van der Waals surface area contributed by atoms with E-state index in [0.29, 0.717) is 12.1 Å². The number of pyridine rings is 1. The second-order valence-electron chi connectivity index (χ2n) is 4.89. The average molecular weight is 233 g/mol. The van der Waals surface area contributed by atoms with Gasteiger partial charge in [0, 0.05) is 12.7 Å². The van der Waals surface area contributed by atoms with Crippen molar-refractivity contribution in [3.63, 3.8) is 0 Å². The number of rotatable bonds is 1. The van der Waals surface area contributed by atoms with Crippen molar-refractivity contribution in [2.75, 3.05) is 23.8 Å². The summed E-state index contributed by atoms with van der Waals surface area (Å²) in [5.74, 6) is 0. The van der Waals surface area contributed by atoms with E-state index in [4.69, 9.17) is 10.5 Å². The Morgan fingerprint density at radius 2 is 2.24 bits per heavy atom. The smallest absolute Gasteiger partial charge is 0.0779 e. The van der Waals surface area contributed by atoms with Gasteiger partial charge in [0.25, 0.3) is 0 Å². The van der Waals surface area contributed by atoms with E-state index in [-0.39, 0.29) is 0 Å². The lowest BCUT2D eigenvalue weighted by Gasteiger charge is -2.45. The van der Waals surface area contributed by atoms with Gasteiger partial charge in [-0.15, -0.1) is 0 Å². The normalized spacial score (nSPS) is 28.8. The molecule has 0 spiro atoms. The van der Waals surface area contributed by atoms with Crippen molar-refractivity contribution in [2.24, 2.45) is 0 Å². The molecule has 0 bridgehead atoms. The monoisotopic (exact) mass is 233 g/mol. The van der Waals surface area contributed by atoms with Gasteiger partial charge in [-0.05, 0) is 18.9 Å². The van der Waals surface area contributed by atoms with Crippen LogP contribution in [0.3, 0.4) is 0 Å². The van der Waals surface area contributed by atoms with Crippen LogP contribution >= 0.6 is 0 Å². The number of hydrogen-bond donors (Lipinski definition) is 1. The first kappa shape index (κ1) is 10.8. The Morgan fingerprint density at radius 1 is 1.35 bits per heavy atom. The molecule has 2 aliphatic rings. The minimum absolute atomic E-state index is 0.394. The highest BCUT2D eigenvalue weighted by atomic mass is 16.5. The third kappa shape index (κ3) is 1.97. The Hall–Kier alpha value is -1.29. The van der Waals surface area contributed by atoms with Gasteiger partial charge in [-0.3, -0.25) is 4.98 Å². The molecule has 3 rings (SSSR count). The van der Waals surface area contributed by atoms with Crippen LogP contribution < -0.4 is 10.6 Å². The Bertz CT molecular complexity index is 394. The van der Waals surface area contributed by atoms with Crippen LogP contribution in [0.4, 0.5) is 11.4 Å². The fourth-order valence-corrected chi connectivity index (χ4v) is 3.06. The molecule has 1 aromatic rings. The highest BCUT2D eigenvalue weighted by Gasteiger charge is 2.34. The first-order valence-corrected chi connectivity index (χ1v) is 6.44. The highest BCUT2D eigenvalue weighted by Crippen LogP contribution is 2.33. The second kappa shape index (κ2) is 4.53. The van der Waals surface area contributed by atoms with E-state index < -0.39 is 0 Å². The summed E-state index contributed by atoms with van der Waals surface area (Å²) >= 11 is 0. The van der Waals surface area contributed by atoms with Crippen LogP contribution in [0.2, 0.25) is 0 Å². The Labute approximate surface area is 102 Å². The lowest BCUT2D eigenvalue weighted by Crippen LogP contribution is -2.53. The standard InChI is InChI=1S/C13H19N3O/c14-10-9-15-6-5-11(10)16-7-8-17-13-4-2-1-3-12(13)16/h5-6,9,12-13H,1-4,7-8,14H2. The van der Waals surface area contributed by atoms with E-state index in [2.05, 4.69) is 9.88 Å². The quantitative estimate of drug-likeness (QED) is 0.803. The van der Waals surface area contributed by atoms with Crippen molar-refractivity contribution >= 4 is 11.4 Å². The minimum Gasteiger partial charge on any atom is -0.396 e. The molecule has 2 heterocycles. The first-order valence-electron chi connectivity index (χ1n) is 6.44. The van der Waals surface area contributed by atoms with Gasteiger partial charge in [0.05, 0.1) is 36.3 Å². The predicted molar refractivity (Wildman–Crippen MR) is 68.0 cm³/mol. The number of nitrogen functional groups attached to an aromatic ring is 1. The summed E-state index contributed by atoms with van der Waals surface area (Å²) < 4.78 is 5.88. The number of anilines is 2. The fourth-order valence-electron chi connectivity index (χ4n) is 3.06. The Balaban J connectivity index is 1.88. The molecular formula is C13H19N3O. The summed E-state index contributed by atoms with van der Waals surface area (Å²) in [6.45, 7) is 1.75. The van der Waals surface area contributed by atoms with Crippen molar-refractivity contribution in [3.8, 4) is 0 Å². The minimum atomic E-state index is 0.394. The summed E-state index contributed by atoms with van der Waals surface area (Å²) in [7, 11) is 0. The molecule has 2 atom stereocenters. The van der Waals surface area contributed by atoms with Gasteiger partial charge in [0.2, 0.25) is 0 Å². The number of ether oxygens (including phenoxy) is 1. The van der Waals surface area contributed by atoms with Gasteiger partial charge in [0.15, 0.2) is 0 Å². The zero-order valence-electron chi connectivity index (χ0n) is 10.0. The van der Waals surface area contributed by atoms with Crippen molar-refractivity contribution in [2.45, 2.75) is 37.8 Å². The number of hydrogen-bond acceptors (Lipinski definition) is 4. The molecule has 1 saturated carbocycles. The van der Waals surface area contributed by atoms with Gasteiger partial charge in [0.1, 0.15) is 0 Å². The molecule has 0 radical (unpaired) electrons. The van der Waals surface area contributed by atoms with Crippen LogP contribution in [0.25, 0.3) is 0 Å².